The van der Waals surface area contributed by atoms with Gasteiger partial charge in [-0.15, -0.1) is 23.1 Å². The molecule has 0 saturated carbocycles. The van der Waals surface area contributed by atoms with Gasteiger partial charge in [0.2, 0.25) is 0 Å². The lowest BCUT2D eigenvalue weighted by Crippen LogP contribution is -2.31. The molecule has 3 rings (SSSR count). The number of ether oxygens (including phenoxy) is 1. The Morgan fingerprint density at radius 2 is 1.88 bits per heavy atom. The molecule has 1 amide bonds. The molecule has 0 unspecified atom stereocenters. The Kier molecular flexibility index (Phi) is 7.73. The molecule has 2 aromatic carbocycles. The largest absolute Gasteiger partial charge is 0.545 e. The Bertz CT molecular complexity index is 1290. The third kappa shape index (κ3) is 5.57. The summed E-state index contributed by atoms with van der Waals surface area (Å²) >= 11 is 14.3. The number of hydrogen-bond donors (Lipinski definition) is 1. The van der Waals surface area contributed by atoms with Crippen LogP contribution in [0.2, 0.25) is 10.0 Å². The van der Waals surface area contributed by atoms with Gasteiger partial charge in [-0.1, -0.05) is 29.3 Å². The van der Waals surface area contributed by atoms with Gasteiger partial charge in [0, 0.05) is 16.2 Å². The number of thiophene rings is 1. The number of hydrogen-bond acceptors (Lipinski definition) is 8. The fourth-order valence-corrected chi connectivity index (χ4v) is 5.96. The summed E-state index contributed by atoms with van der Waals surface area (Å²) in [5, 5.41) is 13.8. The van der Waals surface area contributed by atoms with Crippen LogP contribution in [-0.4, -0.2) is 27.4 Å². The number of rotatable bonds is 8. The van der Waals surface area contributed by atoms with Gasteiger partial charge in [0.05, 0.1) is 28.0 Å². The second-order valence-corrected chi connectivity index (χ2v) is 10.7. The topological polar surface area (TPSA) is 113 Å². The van der Waals surface area contributed by atoms with Crippen molar-refractivity contribution in [2.45, 2.75) is 15.5 Å². The lowest BCUT2D eigenvalue weighted by atomic mass is 10.2. The summed E-state index contributed by atoms with van der Waals surface area (Å²) in [6, 6.07) is 10.1. The Balaban J connectivity index is 1.77. The van der Waals surface area contributed by atoms with Crippen LogP contribution in [0.1, 0.15) is 25.6 Å². The number of benzene rings is 2. The van der Waals surface area contributed by atoms with E-state index in [2.05, 4.69) is 0 Å². The minimum absolute atomic E-state index is 0.0606. The number of carboxylic acids is 1. The molecule has 0 fully saturated rings. The summed E-state index contributed by atoms with van der Waals surface area (Å²) in [6.07, 6.45) is 0. The van der Waals surface area contributed by atoms with Crippen LogP contribution in [0.4, 0.5) is 0 Å². The van der Waals surface area contributed by atoms with Gasteiger partial charge in [0.25, 0.3) is 15.9 Å². The number of sulfonamides is 1. The fraction of sp³-hybridized carbons (Fsp3) is 0.100. The Hall–Kier alpha value is -2.24. The van der Waals surface area contributed by atoms with Crippen molar-refractivity contribution in [2.24, 2.45) is 0 Å². The molecule has 0 bridgehead atoms. The second kappa shape index (κ2) is 10.1. The Labute approximate surface area is 202 Å². The van der Waals surface area contributed by atoms with Crippen LogP contribution in [0.3, 0.4) is 0 Å². The molecule has 0 aliphatic heterocycles. The van der Waals surface area contributed by atoms with Gasteiger partial charge >= 0.3 is 0 Å². The summed E-state index contributed by atoms with van der Waals surface area (Å²) < 4.78 is 32.2. The van der Waals surface area contributed by atoms with Crippen LogP contribution in [0, 0.1) is 0 Å². The van der Waals surface area contributed by atoms with E-state index in [0.29, 0.717) is 20.7 Å². The predicted octanol–water partition coefficient (Wildman–Crippen LogP) is 3.84. The smallest absolute Gasteiger partial charge is 0.276 e. The maximum Gasteiger partial charge on any atom is 0.276 e. The SMILES string of the molecule is COc1ccc(S(=O)(=O)NC(=O)c2sccc2SCc2ccc(Cl)c(Cl)c2)cc1C(=O)[O-]. The highest BCUT2D eigenvalue weighted by molar-refractivity contribution is 7.98. The highest BCUT2D eigenvalue weighted by Crippen LogP contribution is 2.32. The van der Waals surface area contributed by atoms with Crippen molar-refractivity contribution in [1.82, 2.24) is 4.72 Å². The average Bonchev–Trinajstić information content (AvgIpc) is 3.22. The Morgan fingerprint density at radius 1 is 1.12 bits per heavy atom. The summed E-state index contributed by atoms with van der Waals surface area (Å²) in [5.41, 5.74) is 0.430. The number of methoxy groups -OCH3 is 1. The number of halogens is 2. The molecule has 1 aromatic heterocycles. The molecule has 32 heavy (non-hydrogen) atoms. The number of amides is 1. The quantitative estimate of drug-likeness (QED) is 0.440. The van der Waals surface area contributed by atoms with Crippen molar-refractivity contribution in [1.29, 1.82) is 0 Å². The van der Waals surface area contributed by atoms with Crippen molar-refractivity contribution < 1.29 is 27.9 Å². The molecule has 12 heteroatoms. The molecule has 0 radical (unpaired) electrons. The average molecular weight is 531 g/mol. The Morgan fingerprint density at radius 3 is 2.53 bits per heavy atom. The molecule has 1 N–H and O–H groups in total. The van der Waals surface area contributed by atoms with Crippen LogP contribution in [-0.2, 0) is 15.8 Å². The third-order valence-corrected chi connectivity index (χ3v) is 8.38. The monoisotopic (exact) mass is 530 g/mol. The van der Waals surface area contributed by atoms with Crippen molar-refractivity contribution in [3.63, 3.8) is 0 Å². The predicted molar refractivity (Wildman–Crippen MR) is 122 cm³/mol. The van der Waals surface area contributed by atoms with Crippen LogP contribution < -0.4 is 14.6 Å². The fourth-order valence-electron chi connectivity index (χ4n) is 2.61. The maximum atomic E-state index is 12.7. The van der Waals surface area contributed by atoms with Gasteiger partial charge < -0.3 is 14.6 Å². The van der Waals surface area contributed by atoms with E-state index in [-0.39, 0.29) is 10.6 Å². The molecule has 7 nitrogen and oxygen atoms in total. The summed E-state index contributed by atoms with van der Waals surface area (Å²) in [6.45, 7) is 0. The van der Waals surface area contributed by atoms with E-state index in [1.54, 1.807) is 29.6 Å². The van der Waals surface area contributed by atoms with E-state index in [4.69, 9.17) is 27.9 Å². The van der Waals surface area contributed by atoms with Crippen LogP contribution in [0.25, 0.3) is 0 Å². The maximum absolute atomic E-state index is 12.7. The molecule has 0 saturated heterocycles. The number of thioether (sulfide) groups is 1. The number of carboxylic acid groups (broad SMARTS) is 1. The first-order valence-corrected chi connectivity index (χ1v) is 12.8. The second-order valence-electron chi connectivity index (χ2n) is 6.24. The lowest BCUT2D eigenvalue weighted by Gasteiger charge is -2.12. The zero-order valence-electron chi connectivity index (χ0n) is 16.3. The lowest BCUT2D eigenvalue weighted by molar-refractivity contribution is -0.255. The summed E-state index contributed by atoms with van der Waals surface area (Å²) in [7, 11) is -3.10. The molecule has 0 aliphatic carbocycles. The van der Waals surface area contributed by atoms with Crippen LogP contribution >= 0.6 is 46.3 Å². The van der Waals surface area contributed by atoms with Crippen molar-refractivity contribution >= 4 is 68.2 Å². The first kappa shape index (κ1) is 24.4. The molecule has 0 spiro atoms. The molecule has 3 aromatic rings. The number of carbonyl (C=O) groups excluding carboxylic acids is 2. The van der Waals surface area contributed by atoms with Crippen molar-refractivity contribution in [3.05, 3.63) is 73.9 Å². The van der Waals surface area contributed by atoms with Gasteiger partial charge in [-0.25, -0.2) is 13.1 Å². The van der Waals surface area contributed by atoms with E-state index in [1.165, 1.54) is 24.9 Å². The molecule has 0 atom stereocenters. The third-order valence-electron chi connectivity index (χ3n) is 4.14. The van der Waals surface area contributed by atoms with E-state index in [1.807, 2.05) is 4.72 Å². The minimum atomic E-state index is -4.34. The first-order chi connectivity index (χ1) is 15.1. The standard InChI is InChI=1S/C20H15Cl2NO6S3/c1-29-16-5-3-12(9-13(16)20(25)26)32(27,28)23-19(24)18-17(6-7-30-18)31-10-11-2-4-14(21)15(22)8-11/h2-9H,10H2,1H3,(H,23,24)(H,25,26)/p-1. The minimum Gasteiger partial charge on any atom is -0.545 e. The zero-order valence-corrected chi connectivity index (χ0v) is 20.2. The van der Waals surface area contributed by atoms with E-state index >= 15 is 0 Å². The van der Waals surface area contributed by atoms with Gasteiger partial charge in [-0.3, -0.25) is 4.79 Å². The highest BCUT2D eigenvalue weighted by Gasteiger charge is 2.23. The normalized spacial score (nSPS) is 11.2. The number of aromatic carboxylic acids is 1. The summed E-state index contributed by atoms with van der Waals surface area (Å²) in [5.74, 6) is -2.02. The van der Waals surface area contributed by atoms with Crippen molar-refractivity contribution in [2.75, 3.05) is 7.11 Å². The first-order valence-electron chi connectivity index (χ1n) is 8.73. The molecule has 0 aliphatic rings. The van der Waals surface area contributed by atoms with E-state index < -0.39 is 32.4 Å². The zero-order chi connectivity index (χ0) is 23.5. The van der Waals surface area contributed by atoms with Gasteiger partial charge in [0.15, 0.2) is 0 Å². The van der Waals surface area contributed by atoms with E-state index in [0.717, 1.165) is 29.0 Å². The van der Waals surface area contributed by atoms with E-state index in [9.17, 15) is 23.1 Å². The van der Waals surface area contributed by atoms with Gasteiger partial charge in [-0.05, 0) is 47.3 Å². The van der Waals surface area contributed by atoms with Crippen molar-refractivity contribution in [3.8, 4) is 5.75 Å². The molecule has 168 valence electrons. The van der Waals surface area contributed by atoms with Gasteiger partial charge in [-0.2, -0.15) is 0 Å². The molecule has 1 heterocycles. The van der Waals surface area contributed by atoms with Crippen LogP contribution in [0.15, 0.2) is 57.6 Å². The molecular weight excluding hydrogens is 517 g/mol. The van der Waals surface area contributed by atoms with Gasteiger partial charge in [0.1, 0.15) is 10.6 Å². The number of carbonyl (C=O) groups is 2. The number of nitrogens with one attached hydrogen (secondary N) is 1. The molecular formula is C20H14Cl2NO6S3-. The summed E-state index contributed by atoms with van der Waals surface area (Å²) in [4.78, 5) is 24.3. The van der Waals surface area contributed by atoms with Crippen LogP contribution in [0.5, 0.6) is 5.75 Å². The highest BCUT2D eigenvalue weighted by atomic mass is 35.5.